The van der Waals surface area contributed by atoms with Crippen molar-refractivity contribution in [2.75, 3.05) is 13.2 Å². The van der Waals surface area contributed by atoms with Crippen molar-refractivity contribution in [1.82, 2.24) is 15.6 Å². The third-order valence-corrected chi connectivity index (χ3v) is 7.77. The summed E-state index contributed by atoms with van der Waals surface area (Å²) < 4.78 is 6.35. The van der Waals surface area contributed by atoms with Gasteiger partial charge >= 0.3 is 0 Å². The van der Waals surface area contributed by atoms with Gasteiger partial charge in [0, 0.05) is 48.8 Å². The van der Waals surface area contributed by atoms with Crippen LogP contribution in [0.2, 0.25) is 0 Å². The zero-order chi connectivity index (χ0) is 20.9. The van der Waals surface area contributed by atoms with E-state index in [4.69, 9.17) is 9.72 Å². The number of nitrogens with zero attached hydrogens (tertiary/aromatic N) is 1. The molecule has 5 nitrogen and oxygen atoms in total. The van der Waals surface area contributed by atoms with Crippen molar-refractivity contribution in [1.29, 1.82) is 0 Å². The fraction of sp³-hybridized carbons (Fsp3) is 0.583. The van der Waals surface area contributed by atoms with Crippen LogP contribution < -0.4 is 10.6 Å². The van der Waals surface area contributed by atoms with Crippen LogP contribution in [0.25, 0.3) is 0 Å². The lowest BCUT2D eigenvalue weighted by molar-refractivity contribution is -0.119. The van der Waals surface area contributed by atoms with E-state index >= 15 is 0 Å². The Labute approximate surface area is 183 Å². The number of thiophene rings is 1. The molecular formula is C24H33N3O2S. The van der Waals surface area contributed by atoms with Crippen LogP contribution in [0.4, 0.5) is 0 Å². The molecule has 1 aliphatic carbocycles. The van der Waals surface area contributed by atoms with Crippen molar-refractivity contribution in [2.45, 2.75) is 76.0 Å². The van der Waals surface area contributed by atoms with E-state index in [0.29, 0.717) is 6.54 Å². The number of hydrogen-bond acceptors (Lipinski definition) is 5. The summed E-state index contributed by atoms with van der Waals surface area (Å²) in [5.74, 6) is 0.0118. The smallest absolute Gasteiger partial charge is 0.217 e. The molecule has 3 heterocycles. The van der Waals surface area contributed by atoms with E-state index in [2.05, 4.69) is 34.2 Å². The highest BCUT2D eigenvalue weighted by atomic mass is 32.1. The molecule has 0 bridgehead atoms. The van der Waals surface area contributed by atoms with Gasteiger partial charge in [0.15, 0.2) is 0 Å². The molecule has 4 rings (SSSR count). The summed E-state index contributed by atoms with van der Waals surface area (Å²) in [6.45, 7) is 4.79. The molecular weight excluding hydrogens is 394 g/mol. The Morgan fingerprint density at radius 2 is 2.07 bits per heavy atom. The second-order valence-corrected chi connectivity index (χ2v) is 9.87. The minimum atomic E-state index is 0.0118. The summed E-state index contributed by atoms with van der Waals surface area (Å²) in [5, 5.41) is 8.67. The Balaban J connectivity index is 1.40. The van der Waals surface area contributed by atoms with E-state index in [1.54, 1.807) is 18.3 Å². The average molecular weight is 428 g/mol. The summed E-state index contributed by atoms with van der Waals surface area (Å²) in [6.07, 6.45) is 10.1. The Bertz CT molecular complexity index is 832. The molecule has 2 aromatic heterocycles. The van der Waals surface area contributed by atoms with Gasteiger partial charge in [-0.05, 0) is 67.8 Å². The number of carbonyl (C=O) groups is 1. The van der Waals surface area contributed by atoms with Gasteiger partial charge in [-0.25, -0.2) is 0 Å². The van der Waals surface area contributed by atoms with Gasteiger partial charge in [0.1, 0.15) is 0 Å². The lowest BCUT2D eigenvalue weighted by Crippen LogP contribution is -2.47. The highest BCUT2D eigenvalue weighted by Crippen LogP contribution is 2.49. The molecule has 162 valence electrons. The Kier molecular flexibility index (Phi) is 6.86. The van der Waals surface area contributed by atoms with E-state index in [1.165, 1.54) is 41.8 Å². The molecule has 30 heavy (non-hydrogen) atoms. The van der Waals surface area contributed by atoms with Crippen LogP contribution in [0.1, 0.15) is 68.0 Å². The number of pyridine rings is 1. The third-order valence-electron chi connectivity index (χ3n) is 6.80. The van der Waals surface area contributed by atoms with Crippen molar-refractivity contribution in [2.24, 2.45) is 0 Å². The molecule has 1 amide bonds. The maximum absolute atomic E-state index is 11.2. The summed E-state index contributed by atoms with van der Waals surface area (Å²) in [5.41, 5.74) is 2.59. The maximum atomic E-state index is 11.2. The van der Waals surface area contributed by atoms with Crippen LogP contribution in [0.15, 0.2) is 35.8 Å². The lowest BCUT2D eigenvalue weighted by atomic mass is 9.68. The molecule has 0 radical (unpaired) electrons. The SMILES string of the molecule is CC(=O)NCc1ccsc1CNCCC1(c2ccccn2)CCOC2(CCCC2)C1. The molecule has 2 N–H and O–H groups in total. The number of nitrogens with one attached hydrogen (secondary N) is 2. The highest BCUT2D eigenvalue weighted by molar-refractivity contribution is 7.10. The van der Waals surface area contributed by atoms with Crippen LogP contribution in [0, 0.1) is 0 Å². The highest BCUT2D eigenvalue weighted by Gasteiger charge is 2.48. The molecule has 6 heteroatoms. The molecule has 1 spiro atoms. The zero-order valence-corrected chi connectivity index (χ0v) is 18.7. The average Bonchev–Trinajstić information content (AvgIpc) is 3.40. The standard InChI is InChI=1S/C24H33N3O2S/c1-19(28)27-16-20-7-15-30-21(20)17-25-13-10-23(22-6-2-5-12-26-22)11-14-29-24(18-23)8-3-4-9-24/h2,5-7,12,15,25H,3-4,8-11,13-14,16-18H2,1H3,(H,27,28). The lowest BCUT2D eigenvalue weighted by Gasteiger charge is -2.46. The predicted molar refractivity (Wildman–Crippen MR) is 120 cm³/mol. The van der Waals surface area contributed by atoms with Gasteiger partial charge in [-0.15, -0.1) is 11.3 Å². The summed E-state index contributed by atoms with van der Waals surface area (Å²) >= 11 is 1.75. The van der Waals surface area contributed by atoms with Crippen LogP contribution in [0.3, 0.4) is 0 Å². The Hall–Kier alpha value is -1.76. The van der Waals surface area contributed by atoms with Crippen molar-refractivity contribution in [3.05, 3.63) is 52.0 Å². The van der Waals surface area contributed by atoms with Gasteiger partial charge in [0.05, 0.1) is 5.60 Å². The number of hydrogen-bond donors (Lipinski definition) is 2. The first kappa shape index (κ1) is 21.5. The van der Waals surface area contributed by atoms with Crippen molar-refractivity contribution >= 4 is 17.2 Å². The Morgan fingerprint density at radius 3 is 2.83 bits per heavy atom. The monoisotopic (exact) mass is 427 g/mol. The number of aromatic nitrogens is 1. The molecule has 1 saturated carbocycles. The van der Waals surface area contributed by atoms with Gasteiger partial charge in [-0.3, -0.25) is 9.78 Å². The molecule has 1 saturated heterocycles. The molecule has 2 aromatic rings. The summed E-state index contributed by atoms with van der Waals surface area (Å²) in [6, 6.07) is 8.44. The zero-order valence-electron chi connectivity index (χ0n) is 17.9. The topological polar surface area (TPSA) is 63.2 Å². The van der Waals surface area contributed by atoms with Gasteiger partial charge in [-0.2, -0.15) is 0 Å². The van der Waals surface area contributed by atoms with Crippen molar-refractivity contribution in [3.63, 3.8) is 0 Å². The van der Waals surface area contributed by atoms with Crippen LogP contribution in [-0.2, 0) is 28.0 Å². The Morgan fingerprint density at radius 1 is 1.20 bits per heavy atom. The second kappa shape index (κ2) is 9.58. The second-order valence-electron chi connectivity index (χ2n) is 8.87. The third kappa shape index (κ3) is 4.93. The molecule has 1 atom stereocenters. The van der Waals surface area contributed by atoms with Crippen LogP contribution >= 0.6 is 11.3 Å². The first-order valence-corrected chi connectivity index (χ1v) is 12.0. The molecule has 2 aliphatic rings. The molecule has 2 fully saturated rings. The minimum Gasteiger partial charge on any atom is -0.375 e. The van der Waals surface area contributed by atoms with E-state index in [1.807, 2.05) is 12.3 Å². The van der Waals surface area contributed by atoms with Gasteiger partial charge < -0.3 is 15.4 Å². The number of carbonyl (C=O) groups excluding carboxylic acids is 1. The summed E-state index contributed by atoms with van der Waals surface area (Å²) in [7, 11) is 0. The first-order valence-electron chi connectivity index (χ1n) is 11.2. The quantitative estimate of drug-likeness (QED) is 0.616. The van der Waals surface area contributed by atoms with Crippen LogP contribution in [0.5, 0.6) is 0 Å². The largest absolute Gasteiger partial charge is 0.375 e. The van der Waals surface area contributed by atoms with E-state index < -0.39 is 0 Å². The van der Waals surface area contributed by atoms with E-state index in [0.717, 1.165) is 39.0 Å². The first-order chi connectivity index (χ1) is 14.6. The minimum absolute atomic E-state index is 0.0118. The van der Waals surface area contributed by atoms with Crippen molar-refractivity contribution in [3.8, 4) is 0 Å². The van der Waals surface area contributed by atoms with Gasteiger partial charge in [0.25, 0.3) is 0 Å². The molecule has 0 aromatic carbocycles. The fourth-order valence-electron chi connectivity index (χ4n) is 5.22. The van der Waals surface area contributed by atoms with E-state index in [-0.39, 0.29) is 16.9 Å². The summed E-state index contributed by atoms with van der Waals surface area (Å²) in [4.78, 5) is 17.3. The van der Waals surface area contributed by atoms with E-state index in [9.17, 15) is 4.79 Å². The number of amides is 1. The van der Waals surface area contributed by atoms with Gasteiger partial charge in [0.2, 0.25) is 5.91 Å². The van der Waals surface area contributed by atoms with Crippen LogP contribution in [-0.4, -0.2) is 29.6 Å². The van der Waals surface area contributed by atoms with Gasteiger partial charge in [-0.1, -0.05) is 18.9 Å². The fourth-order valence-corrected chi connectivity index (χ4v) is 6.10. The predicted octanol–water partition coefficient (Wildman–Crippen LogP) is 4.32. The number of ether oxygens (including phenoxy) is 1. The normalized spacial score (nSPS) is 23.0. The molecule has 1 unspecified atom stereocenters. The maximum Gasteiger partial charge on any atom is 0.217 e. The van der Waals surface area contributed by atoms with Crippen molar-refractivity contribution < 1.29 is 9.53 Å². The number of rotatable bonds is 8. The molecule has 1 aliphatic heterocycles.